The van der Waals surface area contributed by atoms with Crippen LogP contribution in [0.3, 0.4) is 0 Å². The zero-order valence-corrected chi connectivity index (χ0v) is 12.1. The van der Waals surface area contributed by atoms with Crippen molar-refractivity contribution in [2.45, 2.75) is 53.9 Å². The molecule has 0 aliphatic carbocycles. The van der Waals surface area contributed by atoms with Crippen LogP contribution < -0.4 is 0 Å². The molecule has 0 aromatic rings. The minimum atomic E-state index is 0.164. The van der Waals surface area contributed by atoms with Gasteiger partial charge in [0.05, 0.1) is 0 Å². The first kappa shape index (κ1) is 18.3. The number of hydrogen-bond acceptors (Lipinski definition) is 1. The summed E-state index contributed by atoms with van der Waals surface area (Å²) in [4.78, 5) is 11.4. The summed E-state index contributed by atoms with van der Waals surface area (Å²) in [7, 11) is 0. The van der Waals surface area contributed by atoms with Crippen molar-refractivity contribution in [2.24, 2.45) is 5.92 Å². The van der Waals surface area contributed by atoms with Gasteiger partial charge < -0.3 is 0 Å². The zero-order valence-electron chi connectivity index (χ0n) is 12.1. The van der Waals surface area contributed by atoms with Crippen LogP contribution in [0.2, 0.25) is 0 Å². The highest BCUT2D eigenvalue weighted by Crippen LogP contribution is 2.19. The lowest BCUT2D eigenvalue weighted by Crippen LogP contribution is -2.11. The molecule has 1 atom stereocenters. The molecular weight excluding hydrogens is 208 g/mol. The first-order valence-corrected chi connectivity index (χ1v) is 6.60. The summed E-state index contributed by atoms with van der Waals surface area (Å²) in [6.45, 7) is 13.5. The lowest BCUT2D eigenvalue weighted by molar-refractivity contribution is -0.120. The molecule has 0 aromatic carbocycles. The van der Waals surface area contributed by atoms with Gasteiger partial charge in [0.25, 0.3) is 0 Å². The van der Waals surface area contributed by atoms with E-state index < -0.39 is 0 Å². The van der Waals surface area contributed by atoms with E-state index in [4.69, 9.17) is 0 Å². The van der Waals surface area contributed by atoms with Gasteiger partial charge in [0, 0.05) is 5.92 Å². The number of ketones is 1. The van der Waals surface area contributed by atoms with E-state index in [0.717, 1.165) is 19.3 Å². The fraction of sp³-hybridized carbons (Fsp3) is 0.562. The standard InChI is InChI=1S/C14H22O.C2H6/c1-5-8-13(9-6-2)11-14(10-7-3)12(4)15;1-2/h5-6,8-9,14H,1,7,10-11H2,2-4H3;1-2H3/b9-6-,13-8+;. The Morgan fingerprint density at radius 3 is 2.29 bits per heavy atom. The number of allylic oxidation sites excluding steroid dienone is 5. The van der Waals surface area contributed by atoms with Gasteiger partial charge in [-0.25, -0.2) is 0 Å². The summed E-state index contributed by atoms with van der Waals surface area (Å²) in [5.41, 5.74) is 1.18. The average molecular weight is 236 g/mol. The van der Waals surface area contributed by atoms with Crippen LogP contribution in [0, 0.1) is 5.92 Å². The van der Waals surface area contributed by atoms with E-state index in [1.54, 1.807) is 13.0 Å². The SMILES string of the molecule is C=C/C=C(\C=C/C)CC(CCC)C(C)=O.CC. The molecule has 0 N–H and O–H groups in total. The minimum Gasteiger partial charge on any atom is -0.300 e. The molecule has 0 fully saturated rings. The summed E-state index contributed by atoms with van der Waals surface area (Å²) in [5, 5.41) is 0. The second-order valence-electron chi connectivity index (χ2n) is 3.78. The van der Waals surface area contributed by atoms with Gasteiger partial charge in [-0.3, -0.25) is 4.79 Å². The van der Waals surface area contributed by atoms with E-state index in [9.17, 15) is 4.79 Å². The lowest BCUT2D eigenvalue weighted by Gasteiger charge is -2.12. The molecule has 0 aliphatic heterocycles. The Morgan fingerprint density at radius 1 is 1.35 bits per heavy atom. The van der Waals surface area contributed by atoms with Crippen molar-refractivity contribution in [3.63, 3.8) is 0 Å². The summed E-state index contributed by atoms with van der Waals surface area (Å²) in [6, 6.07) is 0. The Labute approximate surface area is 107 Å². The van der Waals surface area contributed by atoms with E-state index >= 15 is 0 Å². The smallest absolute Gasteiger partial charge is 0.133 e. The topological polar surface area (TPSA) is 17.1 Å². The number of Topliss-reactive ketones (excluding diaryl/α,β-unsaturated/α-hetero) is 1. The predicted molar refractivity (Wildman–Crippen MR) is 78.1 cm³/mol. The van der Waals surface area contributed by atoms with Crippen molar-refractivity contribution < 1.29 is 4.79 Å². The Hall–Kier alpha value is -1.11. The molecule has 0 amide bonds. The third kappa shape index (κ3) is 9.80. The predicted octanol–water partition coefficient (Wildman–Crippen LogP) is 5.10. The highest BCUT2D eigenvalue weighted by Gasteiger charge is 2.13. The molecule has 0 aliphatic rings. The molecule has 0 heterocycles. The Morgan fingerprint density at radius 2 is 1.94 bits per heavy atom. The number of carbonyl (C=O) groups is 1. The van der Waals surface area contributed by atoms with Crippen molar-refractivity contribution >= 4 is 5.78 Å². The molecule has 0 saturated carbocycles. The summed E-state index contributed by atoms with van der Waals surface area (Å²) < 4.78 is 0. The molecule has 1 heteroatoms. The monoisotopic (exact) mass is 236 g/mol. The van der Waals surface area contributed by atoms with E-state index in [0.29, 0.717) is 0 Å². The lowest BCUT2D eigenvalue weighted by atomic mass is 9.91. The van der Waals surface area contributed by atoms with Crippen LogP contribution in [0.4, 0.5) is 0 Å². The summed E-state index contributed by atoms with van der Waals surface area (Å²) in [5.74, 6) is 0.453. The van der Waals surface area contributed by atoms with Crippen LogP contribution in [0.1, 0.15) is 53.9 Å². The molecule has 0 rings (SSSR count). The molecule has 0 spiro atoms. The van der Waals surface area contributed by atoms with Crippen molar-refractivity contribution in [1.82, 2.24) is 0 Å². The maximum atomic E-state index is 11.4. The van der Waals surface area contributed by atoms with Gasteiger partial charge in [-0.15, -0.1) is 0 Å². The molecule has 0 bridgehead atoms. The number of rotatable bonds is 7. The van der Waals surface area contributed by atoms with E-state index in [2.05, 4.69) is 13.5 Å². The fourth-order valence-corrected chi connectivity index (χ4v) is 1.64. The highest BCUT2D eigenvalue weighted by molar-refractivity contribution is 5.78. The Bertz CT molecular complexity index is 259. The first-order chi connectivity index (χ1) is 8.15. The summed E-state index contributed by atoms with van der Waals surface area (Å²) >= 11 is 0. The Balaban J connectivity index is 0. The van der Waals surface area contributed by atoms with Crippen molar-refractivity contribution in [2.75, 3.05) is 0 Å². The van der Waals surface area contributed by atoms with Gasteiger partial charge in [0.1, 0.15) is 5.78 Å². The molecule has 0 radical (unpaired) electrons. The molecule has 1 nitrogen and oxygen atoms in total. The molecule has 17 heavy (non-hydrogen) atoms. The van der Waals surface area contributed by atoms with E-state index in [1.165, 1.54) is 5.57 Å². The highest BCUT2D eigenvalue weighted by atomic mass is 16.1. The van der Waals surface area contributed by atoms with Crippen LogP contribution in [-0.2, 0) is 4.79 Å². The van der Waals surface area contributed by atoms with Gasteiger partial charge in [0.15, 0.2) is 0 Å². The van der Waals surface area contributed by atoms with Gasteiger partial charge in [-0.2, -0.15) is 0 Å². The number of carbonyl (C=O) groups excluding carboxylic acids is 1. The third-order valence-electron chi connectivity index (χ3n) is 2.41. The molecule has 1 unspecified atom stereocenters. The fourth-order valence-electron chi connectivity index (χ4n) is 1.64. The van der Waals surface area contributed by atoms with Crippen LogP contribution in [0.5, 0.6) is 0 Å². The van der Waals surface area contributed by atoms with Gasteiger partial charge in [-0.1, -0.05) is 58.1 Å². The molecule has 0 aromatic heterocycles. The molecule has 98 valence electrons. The van der Waals surface area contributed by atoms with Crippen LogP contribution >= 0.6 is 0 Å². The Kier molecular flexibility index (Phi) is 13.9. The van der Waals surface area contributed by atoms with Crippen molar-refractivity contribution in [3.05, 3.63) is 36.5 Å². The summed E-state index contributed by atoms with van der Waals surface area (Å²) in [6.07, 6.45) is 10.7. The van der Waals surface area contributed by atoms with Gasteiger partial charge >= 0.3 is 0 Å². The zero-order chi connectivity index (χ0) is 13.7. The first-order valence-electron chi connectivity index (χ1n) is 6.60. The van der Waals surface area contributed by atoms with Crippen LogP contribution in [0.25, 0.3) is 0 Å². The second kappa shape index (κ2) is 13.0. The third-order valence-corrected chi connectivity index (χ3v) is 2.41. The van der Waals surface area contributed by atoms with Crippen molar-refractivity contribution in [1.29, 1.82) is 0 Å². The quantitative estimate of drug-likeness (QED) is 0.562. The number of hydrogen-bond donors (Lipinski definition) is 0. The van der Waals surface area contributed by atoms with Crippen molar-refractivity contribution in [3.8, 4) is 0 Å². The normalized spacial score (nSPS) is 12.9. The second-order valence-corrected chi connectivity index (χ2v) is 3.78. The van der Waals surface area contributed by atoms with E-state index in [-0.39, 0.29) is 11.7 Å². The largest absolute Gasteiger partial charge is 0.300 e. The molecule has 0 saturated heterocycles. The maximum Gasteiger partial charge on any atom is 0.133 e. The maximum absolute atomic E-state index is 11.4. The average Bonchev–Trinajstić information content (AvgIpc) is 2.31. The van der Waals surface area contributed by atoms with Gasteiger partial charge in [0.2, 0.25) is 0 Å². The minimum absolute atomic E-state index is 0.164. The van der Waals surface area contributed by atoms with Crippen LogP contribution in [0.15, 0.2) is 36.5 Å². The van der Waals surface area contributed by atoms with Crippen LogP contribution in [-0.4, -0.2) is 5.78 Å². The van der Waals surface area contributed by atoms with E-state index in [1.807, 2.05) is 39.0 Å². The molecular formula is C16H28O. The van der Waals surface area contributed by atoms with Gasteiger partial charge in [-0.05, 0) is 32.3 Å².